The van der Waals surface area contributed by atoms with Crippen LogP contribution < -0.4 is 10.1 Å². The van der Waals surface area contributed by atoms with E-state index in [1.165, 1.54) is 0 Å². The van der Waals surface area contributed by atoms with Crippen molar-refractivity contribution in [2.45, 2.75) is 40.2 Å². The quantitative estimate of drug-likeness (QED) is 0.579. The monoisotopic (exact) mass is 314 g/mol. The lowest BCUT2D eigenvalue weighted by Crippen LogP contribution is -2.17. The van der Waals surface area contributed by atoms with Crippen LogP contribution in [0.2, 0.25) is 0 Å². The molecule has 0 saturated carbocycles. The molecule has 1 aromatic heterocycles. The fraction of sp³-hybridized carbons (Fsp3) is 0.421. The number of nitrogens with zero attached hydrogens (tertiary/aromatic N) is 1. The van der Waals surface area contributed by atoms with Gasteiger partial charge in [-0.25, -0.2) is 0 Å². The topological polar surface area (TPSA) is 46.8 Å². The third-order valence-corrected chi connectivity index (χ3v) is 3.34. The summed E-state index contributed by atoms with van der Waals surface area (Å²) in [5.41, 5.74) is 0.959. The van der Waals surface area contributed by atoms with Crippen molar-refractivity contribution in [3.05, 3.63) is 48.4 Å². The van der Waals surface area contributed by atoms with Gasteiger partial charge in [0.1, 0.15) is 5.75 Å². The Bertz CT molecular complexity index is 601. The molecule has 0 aliphatic heterocycles. The van der Waals surface area contributed by atoms with Crippen LogP contribution in [0.5, 0.6) is 5.75 Å². The smallest absolute Gasteiger partial charge is 0.169 e. The summed E-state index contributed by atoms with van der Waals surface area (Å²) in [4.78, 5) is 4.79. The standard InChI is InChI=1S/C19H26N2O2/c1-5-22-17-10-8-16(9-11-17)21-19(18-7-6-12-23-18)20-15(4)13-14(2)3/h6-12,14-15H,5,13H2,1-4H3,(H,20,21). The number of ether oxygens (including phenoxy) is 1. The van der Waals surface area contributed by atoms with Gasteiger partial charge in [0, 0.05) is 11.7 Å². The molecule has 0 radical (unpaired) electrons. The fourth-order valence-corrected chi connectivity index (χ4v) is 2.46. The highest BCUT2D eigenvalue weighted by Gasteiger charge is 2.11. The van der Waals surface area contributed by atoms with Gasteiger partial charge in [0.05, 0.1) is 12.9 Å². The van der Waals surface area contributed by atoms with E-state index in [-0.39, 0.29) is 6.04 Å². The van der Waals surface area contributed by atoms with Gasteiger partial charge in [0.2, 0.25) is 0 Å². The lowest BCUT2D eigenvalue weighted by molar-refractivity contribution is 0.340. The molecule has 1 atom stereocenters. The molecule has 2 rings (SSSR count). The number of hydrogen-bond acceptors (Lipinski definition) is 3. The van der Waals surface area contributed by atoms with Gasteiger partial charge in [-0.2, -0.15) is 0 Å². The minimum absolute atomic E-state index is 0.227. The van der Waals surface area contributed by atoms with Gasteiger partial charge < -0.3 is 14.5 Å². The molecule has 1 N–H and O–H groups in total. The lowest BCUT2D eigenvalue weighted by Gasteiger charge is -2.14. The summed E-state index contributed by atoms with van der Waals surface area (Å²) < 4.78 is 11.0. The summed E-state index contributed by atoms with van der Waals surface area (Å²) in [6.45, 7) is 9.18. The van der Waals surface area contributed by atoms with Gasteiger partial charge in [-0.1, -0.05) is 13.8 Å². The number of benzene rings is 1. The van der Waals surface area contributed by atoms with E-state index in [1.807, 2.05) is 43.3 Å². The predicted molar refractivity (Wildman–Crippen MR) is 95.4 cm³/mol. The summed E-state index contributed by atoms with van der Waals surface area (Å²) >= 11 is 0. The van der Waals surface area contributed by atoms with Crippen LogP contribution >= 0.6 is 0 Å². The van der Waals surface area contributed by atoms with E-state index >= 15 is 0 Å². The first-order valence-electron chi connectivity index (χ1n) is 8.20. The van der Waals surface area contributed by atoms with Gasteiger partial charge in [-0.15, -0.1) is 0 Å². The molecular weight excluding hydrogens is 288 g/mol. The second kappa shape index (κ2) is 8.42. The summed E-state index contributed by atoms with van der Waals surface area (Å²) in [7, 11) is 0. The van der Waals surface area contributed by atoms with Crippen molar-refractivity contribution in [3.63, 3.8) is 0 Å². The third kappa shape index (κ3) is 5.47. The summed E-state index contributed by atoms with van der Waals surface area (Å²) in [5.74, 6) is 2.97. The molecule has 0 fully saturated rings. The number of aliphatic imine (C=N–C) groups is 1. The minimum Gasteiger partial charge on any atom is -0.494 e. The Balaban J connectivity index is 2.16. The molecule has 0 aliphatic carbocycles. The van der Waals surface area contributed by atoms with E-state index in [1.54, 1.807) is 6.26 Å². The Morgan fingerprint density at radius 1 is 1.17 bits per heavy atom. The Kier molecular flexibility index (Phi) is 6.27. The van der Waals surface area contributed by atoms with E-state index in [4.69, 9.17) is 14.1 Å². The van der Waals surface area contributed by atoms with Gasteiger partial charge >= 0.3 is 0 Å². The average molecular weight is 314 g/mol. The Labute approximate surface area is 138 Å². The normalized spacial score (nSPS) is 13.2. The summed E-state index contributed by atoms with van der Waals surface area (Å²) in [6, 6.07) is 11.9. The van der Waals surface area contributed by atoms with Crippen molar-refractivity contribution in [2.24, 2.45) is 10.9 Å². The Morgan fingerprint density at radius 2 is 1.91 bits per heavy atom. The molecular formula is C19H26N2O2. The minimum atomic E-state index is 0.227. The lowest BCUT2D eigenvalue weighted by atomic mass is 10.1. The summed E-state index contributed by atoms with van der Waals surface area (Å²) in [6.07, 6.45) is 2.70. The molecule has 1 heterocycles. The second-order valence-electron chi connectivity index (χ2n) is 6.02. The van der Waals surface area contributed by atoms with E-state index in [9.17, 15) is 0 Å². The van der Waals surface area contributed by atoms with Crippen molar-refractivity contribution in [1.29, 1.82) is 0 Å². The molecule has 0 saturated heterocycles. The number of hydrogen-bond donors (Lipinski definition) is 1. The molecule has 1 aromatic carbocycles. The zero-order valence-electron chi connectivity index (χ0n) is 14.4. The van der Waals surface area contributed by atoms with E-state index in [0.29, 0.717) is 12.5 Å². The molecule has 124 valence electrons. The van der Waals surface area contributed by atoms with Crippen LogP contribution in [0.25, 0.3) is 0 Å². The van der Waals surface area contributed by atoms with E-state index < -0.39 is 0 Å². The highest BCUT2D eigenvalue weighted by Crippen LogP contribution is 2.18. The molecule has 0 bridgehead atoms. The first-order chi connectivity index (χ1) is 11.1. The molecule has 23 heavy (non-hydrogen) atoms. The molecule has 0 aliphatic rings. The zero-order valence-corrected chi connectivity index (χ0v) is 14.4. The number of furan rings is 1. The van der Waals surface area contributed by atoms with E-state index in [0.717, 1.165) is 29.5 Å². The molecule has 0 amide bonds. The van der Waals surface area contributed by atoms with Crippen molar-refractivity contribution in [2.75, 3.05) is 11.9 Å². The van der Waals surface area contributed by atoms with Crippen LogP contribution in [0.1, 0.15) is 39.9 Å². The van der Waals surface area contributed by atoms with Crippen molar-refractivity contribution < 1.29 is 9.15 Å². The van der Waals surface area contributed by atoms with Crippen LogP contribution in [0.3, 0.4) is 0 Å². The number of rotatable bonds is 7. The fourth-order valence-electron chi connectivity index (χ4n) is 2.46. The first kappa shape index (κ1) is 17.1. The maximum absolute atomic E-state index is 5.52. The van der Waals surface area contributed by atoms with Crippen molar-refractivity contribution >= 4 is 11.5 Å². The zero-order chi connectivity index (χ0) is 16.7. The van der Waals surface area contributed by atoms with Crippen LogP contribution in [0.15, 0.2) is 52.1 Å². The largest absolute Gasteiger partial charge is 0.494 e. The average Bonchev–Trinajstić information content (AvgIpc) is 3.02. The predicted octanol–water partition coefficient (Wildman–Crippen LogP) is 4.97. The van der Waals surface area contributed by atoms with E-state index in [2.05, 4.69) is 26.1 Å². The molecule has 2 aromatic rings. The molecule has 4 nitrogen and oxygen atoms in total. The number of anilines is 1. The van der Waals surface area contributed by atoms with Gasteiger partial charge in [-0.05, 0) is 62.6 Å². The third-order valence-electron chi connectivity index (χ3n) is 3.34. The maximum atomic E-state index is 5.52. The Morgan fingerprint density at radius 3 is 2.48 bits per heavy atom. The van der Waals surface area contributed by atoms with Gasteiger partial charge in [0.15, 0.2) is 11.6 Å². The summed E-state index contributed by atoms with van der Waals surface area (Å²) in [5, 5.41) is 3.36. The number of nitrogens with one attached hydrogen (secondary N) is 1. The van der Waals surface area contributed by atoms with Crippen LogP contribution in [-0.4, -0.2) is 18.5 Å². The van der Waals surface area contributed by atoms with Crippen LogP contribution in [0.4, 0.5) is 5.69 Å². The second-order valence-corrected chi connectivity index (χ2v) is 6.02. The maximum Gasteiger partial charge on any atom is 0.169 e. The van der Waals surface area contributed by atoms with Gasteiger partial charge in [0.25, 0.3) is 0 Å². The van der Waals surface area contributed by atoms with Crippen LogP contribution in [0, 0.1) is 5.92 Å². The van der Waals surface area contributed by atoms with Crippen LogP contribution in [-0.2, 0) is 0 Å². The van der Waals surface area contributed by atoms with Gasteiger partial charge in [-0.3, -0.25) is 4.99 Å². The highest BCUT2D eigenvalue weighted by molar-refractivity contribution is 6.06. The van der Waals surface area contributed by atoms with Crippen molar-refractivity contribution in [3.8, 4) is 5.75 Å². The van der Waals surface area contributed by atoms with Crippen molar-refractivity contribution in [1.82, 2.24) is 0 Å². The SMILES string of the molecule is CCOc1ccc(NC(=NC(C)CC(C)C)c2ccco2)cc1. The Hall–Kier alpha value is -2.23. The highest BCUT2D eigenvalue weighted by atomic mass is 16.5. The molecule has 0 spiro atoms. The molecule has 1 unspecified atom stereocenters. The number of amidine groups is 1. The molecule has 4 heteroatoms. The first-order valence-corrected chi connectivity index (χ1v) is 8.20.